The lowest BCUT2D eigenvalue weighted by Crippen LogP contribution is -2.23. The summed E-state index contributed by atoms with van der Waals surface area (Å²) >= 11 is 0. The minimum atomic E-state index is -0.0194. The maximum atomic E-state index is 11.6. The molecule has 17 heavy (non-hydrogen) atoms. The van der Waals surface area contributed by atoms with Crippen LogP contribution in [0.15, 0.2) is 24.3 Å². The number of benzene rings is 1. The second-order valence-corrected chi connectivity index (χ2v) is 4.34. The molecule has 0 radical (unpaired) electrons. The number of hydrogen-bond acceptors (Lipinski definition) is 3. The zero-order valence-corrected chi connectivity index (χ0v) is 9.82. The summed E-state index contributed by atoms with van der Waals surface area (Å²) in [6, 6.07) is 7.11. The molecule has 0 atom stereocenters. The van der Waals surface area contributed by atoms with E-state index in [0.717, 1.165) is 18.5 Å². The van der Waals surface area contributed by atoms with Crippen molar-refractivity contribution < 1.29 is 9.53 Å². The highest BCUT2D eigenvalue weighted by Crippen LogP contribution is 2.21. The summed E-state index contributed by atoms with van der Waals surface area (Å²) in [6.45, 7) is 0.505. The Kier molecular flexibility index (Phi) is 3.98. The lowest BCUT2D eigenvalue weighted by molar-refractivity contribution is -0.118. The van der Waals surface area contributed by atoms with Gasteiger partial charge >= 0.3 is 0 Å². The number of nitrogens with one attached hydrogen (secondary N) is 1. The average molecular weight is 234 g/mol. The SMILES string of the molecule is Nc1ccc(NC(=O)CCOC2CCC2)cc1. The van der Waals surface area contributed by atoms with Crippen molar-refractivity contribution in [2.75, 3.05) is 17.7 Å². The molecule has 1 amide bonds. The number of carbonyl (C=O) groups is 1. The van der Waals surface area contributed by atoms with Gasteiger partial charge in [0, 0.05) is 11.4 Å². The van der Waals surface area contributed by atoms with Crippen LogP contribution in [0, 0.1) is 0 Å². The molecule has 0 spiro atoms. The second kappa shape index (κ2) is 5.68. The van der Waals surface area contributed by atoms with E-state index in [1.807, 2.05) is 0 Å². The zero-order chi connectivity index (χ0) is 12.1. The van der Waals surface area contributed by atoms with Gasteiger partial charge in [-0.25, -0.2) is 0 Å². The first kappa shape index (κ1) is 11.9. The normalized spacial score (nSPS) is 15.3. The standard InChI is InChI=1S/C13H18N2O2/c14-10-4-6-11(7-5-10)15-13(16)8-9-17-12-2-1-3-12/h4-7,12H,1-3,8-9,14H2,(H,15,16). The number of anilines is 2. The summed E-state index contributed by atoms with van der Waals surface area (Å²) in [7, 11) is 0. The Hall–Kier alpha value is -1.55. The molecule has 4 heteroatoms. The molecule has 0 heterocycles. The third-order valence-corrected chi connectivity index (χ3v) is 2.93. The van der Waals surface area contributed by atoms with Crippen molar-refractivity contribution in [2.45, 2.75) is 31.8 Å². The van der Waals surface area contributed by atoms with Crippen LogP contribution < -0.4 is 11.1 Å². The molecule has 0 bridgehead atoms. The number of rotatable bonds is 5. The lowest BCUT2D eigenvalue weighted by Gasteiger charge is -2.25. The molecule has 0 unspecified atom stereocenters. The first-order chi connectivity index (χ1) is 8.24. The van der Waals surface area contributed by atoms with Crippen LogP contribution in [-0.4, -0.2) is 18.6 Å². The number of hydrogen-bond donors (Lipinski definition) is 2. The molecule has 0 saturated heterocycles. The van der Waals surface area contributed by atoms with Crippen LogP contribution in [0.1, 0.15) is 25.7 Å². The minimum absolute atomic E-state index is 0.0194. The van der Waals surface area contributed by atoms with Crippen LogP contribution in [-0.2, 0) is 9.53 Å². The predicted molar refractivity (Wildman–Crippen MR) is 67.7 cm³/mol. The van der Waals surface area contributed by atoms with Crippen molar-refractivity contribution in [1.29, 1.82) is 0 Å². The van der Waals surface area contributed by atoms with E-state index in [4.69, 9.17) is 10.5 Å². The van der Waals surface area contributed by atoms with Gasteiger partial charge in [-0.1, -0.05) is 0 Å². The van der Waals surface area contributed by atoms with E-state index in [0.29, 0.717) is 24.8 Å². The van der Waals surface area contributed by atoms with E-state index >= 15 is 0 Å². The molecule has 4 nitrogen and oxygen atoms in total. The van der Waals surface area contributed by atoms with E-state index in [-0.39, 0.29) is 5.91 Å². The fourth-order valence-corrected chi connectivity index (χ4v) is 1.65. The highest BCUT2D eigenvalue weighted by molar-refractivity contribution is 5.90. The molecule has 1 aromatic rings. The summed E-state index contributed by atoms with van der Waals surface area (Å²) < 4.78 is 5.52. The fraction of sp³-hybridized carbons (Fsp3) is 0.462. The van der Waals surface area contributed by atoms with Gasteiger partial charge < -0.3 is 15.8 Å². The van der Waals surface area contributed by atoms with Gasteiger partial charge in [0.15, 0.2) is 0 Å². The summed E-state index contributed by atoms with van der Waals surface area (Å²) in [5.41, 5.74) is 7.02. The van der Waals surface area contributed by atoms with Crippen LogP contribution in [0.3, 0.4) is 0 Å². The summed E-state index contributed by atoms with van der Waals surface area (Å²) in [5.74, 6) is -0.0194. The molecule has 1 fully saturated rings. The van der Waals surface area contributed by atoms with Gasteiger partial charge in [-0.05, 0) is 43.5 Å². The van der Waals surface area contributed by atoms with Gasteiger partial charge in [0.2, 0.25) is 5.91 Å². The molecule has 0 aromatic heterocycles. The maximum Gasteiger partial charge on any atom is 0.226 e. The molecule has 1 aliphatic rings. The molecule has 2 rings (SSSR count). The summed E-state index contributed by atoms with van der Waals surface area (Å²) in [6.07, 6.45) is 4.32. The Morgan fingerprint density at radius 3 is 2.65 bits per heavy atom. The van der Waals surface area contributed by atoms with E-state index in [2.05, 4.69) is 5.32 Å². The Labute approximate surface area is 101 Å². The van der Waals surface area contributed by atoms with Gasteiger partial charge in [-0.3, -0.25) is 4.79 Å². The van der Waals surface area contributed by atoms with Crippen LogP contribution in [0.25, 0.3) is 0 Å². The van der Waals surface area contributed by atoms with Crippen LogP contribution in [0.5, 0.6) is 0 Å². The maximum absolute atomic E-state index is 11.6. The van der Waals surface area contributed by atoms with Crippen LogP contribution in [0.2, 0.25) is 0 Å². The monoisotopic (exact) mass is 234 g/mol. The molecular weight excluding hydrogens is 216 g/mol. The van der Waals surface area contributed by atoms with Gasteiger partial charge in [0.1, 0.15) is 0 Å². The Bertz CT molecular complexity index is 372. The molecule has 1 aromatic carbocycles. The smallest absolute Gasteiger partial charge is 0.226 e. The van der Waals surface area contributed by atoms with Crippen molar-refractivity contribution in [3.63, 3.8) is 0 Å². The molecule has 3 N–H and O–H groups in total. The van der Waals surface area contributed by atoms with Gasteiger partial charge in [0.05, 0.1) is 19.1 Å². The number of nitrogen functional groups attached to an aromatic ring is 1. The van der Waals surface area contributed by atoms with Gasteiger partial charge in [-0.2, -0.15) is 0 Å². The Morgan fingerprint density at radius 2 is 2.06 bits per heavy atom. The number of amides is 1. The van der Waals surface area contributed by atoms with Crippen molar-refractivity contribution in [1.82, 2.24) is 0 Å². The van der Waals surface area contributed by atoms with E-state index < -0.39 is 0 Å². The topological polar surface area (TPSA) is 64.3 Å². The second-order valence-electron chi connectivity index (χ2n) is 4.34. The molecular formula is C13H18N2O2. The molecule has 92 valence electrons. The Morgan fingerprint density at radius 1 is 1.35 bits per heavy atom. The third-order valence-electron chi connectivity index (χ3n) is 2.93. The van der Waals surface area contributed by atoms with Crippen molar-refractivity contribution >= 4 is 17.3 Å². The van der Waals surface area contributed by atoms with Crippen LogP contribution >= 0.6 is 0 Å². The zero-order valence-electron chi connectivity index (χ0n) is 9.82. The predicted octanol–water partition coefficient (Wildman–Crippen LogP) is 2.17. The highest BCUT2D eigenvalue weighted by atomic mass is 16.5. The first-order valence-electron chi connectivity index (χ1n) is 6.01. The molecule has 0 aliphatic heterocycles. The molecule has 1 saturated carbocycles. The van der Waals surface area contributed by atoms with Gasteiger partial charge in [0.25, 0.3) is 0 Å². The number of carbonyl (C=O) groups excluding carboxylic acids is 1. The quantitative estimate of drug-likeness (QED) is 0.767. The third kappa shape index (κ3) is 3.75. The van der Waals surface area contributed by atoms with E-state index in [1.165, 1.54) is 6.42 Å². The van der Waals surface area contributed by atoms with Crippen LogP contribution in [0.4, 0.5) is 11.4 Å². The first-order valence-corrected chi connectivity index (χ1v) is 6.01. The lowest BCUT2D eigenvalue weighted by atomic mass is 9.96. The van der Waals surface area contributed by atoms with E-state index in [1.54, 1.807) is 24.3 Å². The largest absolute Gasteiger partial charge is 0.399 e. The molecule has 1 aliphatic carbocycles. The van der Waals surface area contributed by atoms with Gasteiger partial charge in [-0.15, -0.1) is 0 Å². The number of ether oxygens (including phenoxy) is 1. The van der Waals surface area contributed by atoms with Crippen molar-refractivity contribution in [2.24, 2.45) is 0 Å². The minimum Gasteiger partial charge on any atom is -0.399 e. The fourth-order valence-electron chi connectivity index (χ4n) is 1.65. The van der Waals surface area contributed by atoms with E-state index in [9.17, 15) is 4.79 Å². The summed E-state index contributed by atoms with van der Waals surface area (Å²) in [5, 5.41) is 2.80. The highest BCUT2D eigenvalue weighted by Gasteiger charge is 2.17. The van der Waals surface area contributed by atoms with Crippen molar-refractivity contribution in [3.05, 3.63) is 24.3 Å². The average Bonchev–Trinajstić information content (AvgIpc) is 2.25. The summed E-state index contributed by atoms with van der Waals surface area (Å²) in [4.78, 5) is 11.6. The Balaban J connectivity index is 1.67. The number of nitrogens with two attached hydrogens (primary N) is 1. The van der Waals surface area contributed by atoms with Crippen molar-refractivity contribution in [3.8, 4) is 0 Å².